The lowest BCUT2D eigenvalue weighted by atomic mass is 10.1. The van der Waals surface area contributed by atoms with Crippen molar-refractivity contribution in [2.45, 2.75) is 38.3 Å². The topological polar surface area (TPSA) is 42.3 Å². The molecule has 1 aliphatic carbocycles. The van der Waals surface area contributed by atoms with E-state index in [9.17, 15) is 18.4 Å². The van der Waals surface area contributed by atoms with Gasteiger partial charge >= 0.3 is 0 Å². The van der Waals surface area contributed by atoms with Crippen LogP contribution in [0.4, 0.5) is 8.78 Å². The number of aromatic nitrogens is 1. The highest BCUT2D eigenvalue weighted by atomic mass is 19.1. The predicted octanol–water partition coefficient (Wildman–Crippen LogP) is 3.25. The van der Waals surface area contributed by atoms with Gasteiger partial charge in [-0.1, -0.05) is 18.9 Å². The van der Waals surface area contributed by atoms with Crippen LogP contribution in [0.15, 0.2) is 41.3 Å². The predicted molar refractivity (Wildman–Crippen MR) is 90.2 cm³/mol. The average Bonchev–Trinajstić information content (AvgIpc) is 3.11. The standard InChI is InChI=1S/C19H20F2N2O2/c1-22-11-13(9-10-18(22)24)19(25)23(14-5-2-3-6-14)12-15-16(20)7-4-8-17(15)21/h4,7-11,14H,2-3,5-6,12H2,1H3. The summed E-state index contributed by atoms with van der Waals surface area (Å²) in [7, 11) is 1.57. The summed E-state index contributed by atoms with van der Waals surface area (Å²) in [6, 6.07) is 6.43. The number of rotatable bonds is 4. The summed E-state index contributed by atoms with van der Waals surface area (Å²) in [5.41, 5.74) is 0.0161. The van der Waals surface area contributed by atoms with Gasteiger partial charge in [0, 0.05) is 30.9 Å². The van der Waals surface area contributed by atoms with Crippen molar-refractivity contribution < 1.29 is 13.6 Å². The molecular weight excluding hydrogens is 326 g/mol. The fraction of sp³-hybridized carbons (Fsp3) is 0.368. The molecule has 1 aliphatic rings. The Balaban J connectivity index is 1.95. The quantitative estimate of drug-likeness (QED) is 0.853. The third-order valence-corrected chi connectivity index (χ3v) is 4.75. The molecule has 0 spiro atoms. The van der Waals surface area contributed by atoms with Gasteiger partial charge in [0.05, 0.1) is 12.1 Å². The van der Waals surface area contributed by atoms with Crippen LogP contribution in [0.1, 0.15) is 41.6 Å². The SMILES string of the molecule is Cn1cc(C(=O)N(Cc2c(F)cccc2F)C2CCCC2)ccc1=O. The van der Waals surface area contributed by atoms with Crippen molar-refractivity contribution >= 4 is 5.91 Å². The van der Waals surface area contributed by atoms with E-state index in [0.717, 1.165) is 25.7 Å². The molecule has 0 atom stereocenters. The van der Waals surface area contributed by atoms with Crippen LogP contribution in [0.5, 0.6) is 0 Å². The molecule has 1 aromatic heterocycles. The van der Waals surface area contributed by atoms with Crippen molar-refractivity contribution in [3.63, 3.8) is 0 Å². The van der Waals surface area contributed by atoms with Crippen molar-refractivity contribution in [2.75, 3.05) is 0 Å². The molecule has 25 heavy (non-hydrogen) atoms. The van der Waals surface area contributed by atoms with E-state index in [1.165, 1.54) is 46.0 Å². The van der Waals surface area contributed by atoms with Crippen LogP contribution in [0, 0.1) is 11.6 Å². The Hall–Kier alpha value is -2.50. The molecule has 0 aliphatic heterocycles. The lowest BCUT2D eigenvalue weighted by Crippen LogP contribution is -2.39. The normalized spacial score (nSPS) is 14.7. The van der Waals surface area contributed by atoms with E-state index in [1.807, 2.05) is 0 Å². The molecule has 6 heteroatoms. The van der Waals surface area contributed by atoms with E-state index < -0.39 is 11.6 Å². The highest BCUT2D eigenvalue weighted by Gasteiger charge is 2.29. The fourth-order valence-corrected chi connectivity index (χ4v) is 3.32. The molecule has 1 saturated carbocycles. The minimum atomic E-state index is -0.656. The van der Waals surface area contributed by atoms with E-state index in [-0.39, 0.29) is 29.6 Å². The molecule has 0 saturated heterocycles. The molecule has 0 bridgehead atoms. The molecule has 132 valence electrons. The number of aryl methyl sites for hydroxylation is 1. The number of nitrogens with zero attached hydrogens (tertiary/aromatic N) is 2. The number of pyridine rings is 1. The summed E-state index contributed by atoms with van der Waals surface area (Å²) in [6.07, 6.45) is 5.06. The van der Waals surface area contributed by atoms with Crippen LogP contribution in [0.25, 0.3) is 0 Å². The number of amides is 1. The first kappa shape index (κ1) is 17.3. The number of benzene rings is 1. The Morgan fingerprint density at radius 1 is 1.16 bits per heavy atom. The first-order chi connectivity index (χ1) is 12.0. The van der Waals surface area contributed by atoms with E-state index in [0.29, 0.717) is 5.56 Å². The minimum absolute atomic E-state index is 0.0521. The molecule has 1 amide bonds. The van der Waals surface area contributed by atoms with Gasteiger partial charge < -0.3 is 9.47 Å². The zero-order valence-corrected chi connectivity index (χ0v) is 14.0. The summed E-state index contributed by atoms with van der Waals surface area (Å²) in [4.78, 5) is 26.1. The number of halogens is 2. The second-order valence-electron chi connectivity index (χ2n) is 6.44. The molecule has 0 N–H and O–H groups in total. The van der Waals surface area contributed by atoms with Crippen molar-refractivity contribution in [1.29, 1.82) is 0 Å². The molecule has 3 rings (SSSR count). The maximum atomic E-state index is 14.1. The van der Waals surface area contributed by atoms with Gasteiger partial charge in [-0.25, -0.2) is 8.78 Å². The number of carbonyl (C=O) groups excluding carboxylic acids is 1. The lowest BCUT2D eigenvalue weighted by Gasteiger charge is -2.29. The Kier molecular flexibility index (Phi) is 4.97. The Labute approximate surface area is 144 Å². The van der Waals surface area contributed by atoms with E-state index in [1.54, 1.807) is 7.05 Å². The zero-order valence-electron chi connectivity index (χ0n) is 14.0. The summed E-state index contributed by atoms with van der Waals surface area (Å²) in [5.74, 6) is -1.63. The van der Waals surface area contributed by atoms with Crippen LogP contribution >= 0.6 is 0 Å². The van der Waals surface area contributed by atoms with Gasteiger partial charge in [-0.3, -0.25) is 9.59 Å². The van der Waals surface area contributed by atoms with Crippen LogP contribution in [0.2, 0.25) is 0 Å². The van der Waals surface area contributed by atoms with Crippen LogP contribution in [-0.4, -0.2) is 21.4 Å². The number of carbonyl (C=O) groups is 1. The Bertz CT molecular complexity index is 821. The molecule has 1 fully saturated rings. The van der Waals surface area contributed by atoms with Crippen molar-refractivity contribution in [1.82, 2.24) is 9.47 Å². The van der Waals surface area contributed by atoms with Gasteiger partial charge in [-0.15, -0.1) is 0 Å². The summed E-state index contributed by atoms with van der Waals surface area (Å²) in [6.45, 7) is -0.120. The van der Waals surface area contributed by atoms with Crippen molar-refractivity contribution in [3.8, 4) is 0 Å². The van der Waals surface area contributed by atoms with Gasteiger partial charge in [0.15, 0.2) is 0 Å². The van der Waals surface area contributed by atoms with Crippen LogP contribution in [-0.2, 0) is 13.6 Å². The molecule has 2 aromatic rings. The van der Waals surface area contributed by atoms with Gasteiger partial charge in [0.2, 0.25) is 5.56 Å². The zero-order chi connectivity index (χ0) is 18.0. The third-order valence-electron chi connectivity index (χ3n) is 4.75. The molecular formula is C19H20F2N2O2. The lowest BCUT2D eigenvalue weighted by molar-refractivity contribution is 0.0659. The maximum absolute atomic E-state index is 14.1. The summed E-state index contributed by atoms with van der Waals surface area (Å²) >= 11 is 0. The summed E-state index contributed by atoms with van der Waals surface area (Å²) < 4.78 is 29.4. The van der Waals surface area contributed by atoms with Gasteiger partial charge in [0.25, 0.3) is 5.91 Å². The molecule has 1 aromatic carbocycles. The Morgan fingerprint density at radius 3 is 2.40 bits per heavy atom. The molecule has 0 unspecified atom stereocenters. The van der Waals surface area contributed by atoms with Crippen molar-refractivity contribution in [3.05, 3.63) is 69.6 Å². The Morgan fingerprint density at radius 2 is 1.80 bits per heavy atom. The van der Waals surface area contributed by atoms with E-state index >= 15 is 0 Å². The number of hydrogen-bond donors (Lipinski definition) is 0. The highest BCUT2D eigenvalue weighted by molar-refractivity contribution is 5.94. The average molecular weight is 346 g/mol. The van der Waals surface area contributed by atoms with Gasteiger partial charge in [0.1, 0.15) is 11.6 Å². The van der Waals surface area contributed by atoms with Crippen molar-refractivity contribution in [2.24, 2.45) is 7.05 Å². The van der Waals surface area contributed by atoms with Gasteiger partial charge in [-0.05, 0) is 31.0 Å². The second-order valence-corrected chi connectivity index (χ2v) is 6.44. The van der Waals surface area contributed by atoms with E-state index in [2.05, 4.69) is 0 Å². The van der Waals surface area contributed by atoms with Gasteiger partial charge in [-0.2, -0.15) is 0 Å². The largest absolute Gasteiger partial charge is 0.331 e. The third kappa shape index (κ3) is 3.62. The minimum Gasteiger partial charge on any atom is -0.331 e. The summed E-state index contributed by atoms with van der Waals surface area (Å²) in [5, 5.41) is 0. The first-order valence-electron chi connectivity index (χ1n) is 8.38. The molecule has 0 radical (unpaired) electrons. The number of hydrogen-bond acceptors (Lipinski definition) is 2. The van der Waals surface area contributed by atoms with E-state index in [4.69, 9.17) is 0 Å². The van der Waals surface area contributed by atoms with Crippen LogP contribution in [0.3, 0.4) is 0 Å². The highest BCUT2D eigenvalue weighted by Crippen LogP contribution is 2.27. The first-order valence-corrected chi connectivity index (χ1v) is 8.38. The molecule has 4 nitrogen and oxygen atoms in total. The maximum Gasteiger partial charge on any atom is 0.255 e. The second kappa shape index (κ2) is 7.17. The monoisotopic (exact) mass is 346 g/mol. The molecule has 1 heterocycles. The fourth-order valence-electron chi connectivity index (χ4n) is 3.32. The van der Waals surface area contributed by atoms with Crippen LogP contribution < -0.4 is 5.56 Å². The smallest absolute Gasteiger partial charge is 0.255 e.